The number of nitrogens with zero attached hydrogens (tertiary/aromatic N) is 3. The van der Waals surface area contributed by atoms with Crippen molar-refractivity contribution in [3.63, 3.8) is 0 Å². The highest BCUT2D eigenvalue weighted by atomic mass is 19.1. The number of carbonyl (C=O) groups is 3. The van der Waals surface area contributed by atoms with Crippen molar-refractivity contribution in [2.24, 2.45) is 5.41 Å². The highest BCUT2D eigenvalue weighted by molar-refractivity contribution is 5.99. The van der Waals surface area contributed by atoms with Crippen LogP contribution in [-0.2, 0) is 27.3 Å². The molecule has 0 saturated heterocycles. The number of anilines is 1. The fourth-order valence-corrected chi connectivity index (χ4v) is 4.82. The summed E-state index contributed by atoms with van der Waals surface area (Å²) in [6.07, 6.45) is 3.77. The summed E-state index contributed by atoms with van der Waals surface area (Å²) in [5, 5.41) is 14.5. The van der Waals surface area contributed by atoms with Crippen molar-refractivity contribution >= 4 is 34.6 Å². The van der Waals surface area contributed by atoms with E-state index >= 15 is 0 Å². The number of carboxylic acid groups (broad SMARTS) is 1. The van der Waals surface area contributed by atoms with Crippen LogP contribution in [0.2, 0.25) is 0 Å². The Kier molecular flexibility index (Phi) is 11.0. The number of imidazole rings is 1. The largest absolute Gasteiger partial charge is 0.465 e. The van der Waals surface area contributed by atoms with Gasteiger partial charge in [0.25, 0.3) is 11.5 Å². The summed E-state index contributed by atoms with van der Waals surface area (Å²) < 4.78 is 20.8. The van der Waals surface area contributed by atoms with Crippen LogP contribution in [0.1, 0.15) is 51.4 Å². The Morgan fingerprint density at radius 3 is 2.57 bits per heavy atom. The van der Waals surface area contributed by atoms with E-state index in [1.165, 1.54) is 47.0 Å². The van der Waals surface area contributed by atoms with Crippen LogP contribution in [0.5, 0.6) is 0 Å². The first kappa shape index (κ1) is 34.0. The molecule has 238 valence electrons. The molecule has 12 nitrogen and oxygen atoms in total. The van der Waals surface area contributed by atoms with Gasteiger partial charge in [0.05, 0.1) is 17.6 Å². The van der Waals surface area contributed by atoms with Crippen molar-refractivity contribution in [2.45, 2.75) is 58.5 Å². The number of fused-ring (bicyclic) bond motifs is 1. The van der Waals surface area contributed by atoms with Gasteiger partial charge in [-0.1, -0.05) is 26.8 Å². The lowest BCUT2D eigenvalue weighted by Crippen LogP contribution is -2.57. The standard InChI is InChI=1S/C31H41FN6O6/c1-30(2,3)18-20-16-21(32)17-23-26(20)35-24(33-23)19-38-14-9-10-22(27(38)40)34-28(41)31(13-15-44-6,36-29(42)43)12-8-7-11-25(39)37(4)5/h7,9-11,14,16-17,36H,8,12-13,15,18-19H2,1-6H3,(H,33,35)(H,34,41)(H,42,43)/b11-7+. The summed E-state index contributed by atoms with van der Waals surface area (Å²) in [5.41, 5.74) is -0.485. The van der Waals surface area contributed by atoms with E-state index < -0.39 is 23.1 Å². The Labute approximate surface area is 255 Å². The molecular weight excluding hydrogens is 571 g/mol. The Balaban J connectivity index is 1.89. The molecule has 0 saturated carbocycles. The maximum Gasteiger partial charge on any atom is 0.405 e. The van der Waals surface area contributed by atoms with Crippen LogP contribution >= 0.6 is 0 Å². The number of rotatable bonds is 13. The Bertz CT molecular complexity index is 1590. The van der Waals surface area contributed by atoms with Gasteiger partial charge in [-0.15, -0.1) is 0 Å². The van der Waals surface area contributed by atoms with Crippen LogP contribution in [0.4, 0.5) is 14.9 Å². The number of benzene rings is 1. The van der Waals surface area contributed by atoms with E-state index in [1.807, 2.05) is 0 Å². The van der Waals surface area contributed by atoms with Crippen LogP contribution in [0.15, 0.2) is 47.4 Å². The van der Waals surface area contributed by atoms with Crippen molar-refractivity contribution in [3.05, 3.63) is 70.2 Å². The van der Waals surface area contributed by atoms with E-state index in [0.29, 0.717) is 23.3 Å². The number of amides is 3. The molecule has 3 aromatic rings. The van der Waals surface area contributed by atoms with Crippen LogP contribution in [0.3, 0.4) is 0 Å². The van der Waals surface area contributed by atoms with Gasteiger partial charge >= 0.3 is 6.09 Å². The third kappa shape index (κ3) is 8.99. The van der Waals surface area contributed by atoms with Crippen LogP contribution < -0.4 is 16.2 Å². The van der Waals surface area contributed by atoms with Gasteiger partial charge in [0.15, 0.2) is 0 Å². The average molecular weight is 613 g/mol. The zero-order valence-corrected chi connectivity index (χ0v) is 26.0. The van der Waals surface area contributed by atoms with Gasteiger partial charge < -0.3 is 34.9 Å². The fourth-order valence-electron chi connectivity index (χ4n) is 4.82. The topological polar surface area (TPSA) is 159 Å². The number of ether oxygens (including phenoxy) is 1. The number of H-pyrrole nitrogens is 1. The predicted octanol–water partition coefficient (Wildman–Crippen LogP) is 3.91. The summed E-state index contributed by atoms with van der Waals surface area (Å²) >= 11 is 0. The van der Waals surface area contributed by atoms with Gasteiger partial charge in [0.1, 0.15) is 22.9 Å². The zero-order valence-electron chi connectivity index (χ0n) is 26.0. The molecule has 3 amide bonds. The quantitative estimate of drug-likeness (QED) is 0.213. The number of nitrogens with one attached hydrogen (secondary N) is 3. The minimum Gasteiger partial charge on any atom is -0.465 e. The molecule has 1 unspecified atom stereocenters. The number of hydrogen-bond donors (Lipinski definition) is 4. The van der Waals surface area contributed by atoms with Gasteiger partial charge in [-0.2, -0.15) is 0 Å². The highest BCUT2D eigenvalue weighted by Crippen LogP contribution is 2.27. The number of pyridine rings is 1. The molecule has 0 aliphatic heterocycles. The molecule has 2 heterocycles. The van der Waals surface area contributed by atoms with Gasteiger partial charge in [-0.05, 0) is 60.6 Å². The monoisotopic (exact) mass is 612 g/mol. The molecule has 3 rings (SSSR count). The molecule has 4 N–H and O–H groups in total. The third-order valence-corrected chi connectivity index (χ3v) is 6.94. The highest BCUT2D eigenvalue weighted by Gasteiger charge is 2.39. The summed E-state index contributed by atoms with van der Waals surface area (Å²) in [7, 11) is 4.62. The second-order valence-corrected chi connectivity index (χ2v) is 12.1. The molecular formula is C31H41FN6O6. The van der Waals surface area contributed by atoms with E-state index in [9.17, 15) is 28.7 Å². The number of methoxy groups -OCH3 is 1. The first-order chi connectivity index (χ1) is 20.6. The zero-order chi connectivity index (χ0) is 32.7. The van der Waals surface area contributed by atoms with Crippen molar-refractivity contribution in [1.29, 1.82) is 0 Å². The SMILES string of the molecule is COCCC(CC/C=C/C(=O)N(C)C)(NC(=O)O)C(=O)Nc1cccn(Cc2nc3c(CC(C)(C)C)cc(F)cc3[nH]2)c1=O. The first-order valence-electron chi connectivity index (χ1n) is 14.2. The van der Waals surface area contributed by atoms with Crippen LogP contribution in [0, 0.1) is 11.2 Å². The second kappa shape index (κ2) is 14.3. The molecule has 0 aliphatic carbocycles. The molecule has 44 heavy (non-hydrogen) atoms. The maximum absolute atomic E-state index is 14.4. The molecule has 13 heteroatoms. The minimum atomic E-state index is -1.66. The van der Waals surface area contributed by atoms with Crippen molar-refractivity contribution in [2.75, 3.05) is 33.1 Å². The Morgan fingerprint density at radius 1 is 1.20 bits per heavy atom. The van der Waals surface area contributed by atoms with Crippen molar-refractivity contribution in [3.8, 4) is 0 Å². The smallest absolute Gasteiger partial charge is 0.405 e. The van der Waals surface area contributed by atoms with E-state index in [-0.39, 0.29) is 55.2 Å². The van der Waals surface area contributed by atoms with Crippen molar-refractivity contribution in [1.82, 2.24) is 24.8 Å². The minimum absolute atomic E-state index is 0.000824. The summed E-state index contributed by atoms with van der Waals surface area (Å²) in [5.74, 6) is -0.967. The van der Waals surface area contributed by atoms with E-state index in [1.54, 1.807) is 26.2 Å². The number of hydrogen-bond acceptors (Lipinski definition) is 6. The second-order valence-electron chi connectivity index (χ2n) is 12.1. The number of halogens is 1. The Hall–Kier alpha value is -4.52. The van der Waals surface area contributed by atoms with E-state index in [4.69, 9.17) is 4.74 Å². The normalized spacial score (nSPS) is 13.2. The fraction of sp³-hybridized carbons (Fsp3) is 0.452. The number of allylic oxidation sites excluding steroid dienone is 1. The lowest BCUT2D eigenvalue weighted by Gasteiger charge is -2.32. The molecule has 0 bridgehead atoms. The van der Waals surface area contributed by atoms with Gasteiger partial charge in [0, 0.05) is 40.4 Å². The Morgan fingerprint density at radius 2 is 1.93 bits per heavy atom. The third-order valence-electron chi connectivity index (χ3n) is 6.94. The first-order valence-corrected chi connectivity index (χ1v) is 14.2. The molecule has 1 atom stereocenters. The average Bonchev–Trinajstić information content (AvgIpc) is 3.32. The summed E-state index contributed by atoms with van der Waals surface area (Å²) in [4.78, 5) is 59.9. The number of carbonyl (C=O) groups excluding carboxylic acids is 2. The van der Waals surface area contributed by atoms with Crippen LogP contribution in [-0.4, -0.2) is 75.8 Å². The van der Waals surface area contributed by atoms with Gasteiger partial charge in [-0.25, -0.2) is 14.2 Å². The molecule has 2 aromatic heterocycles. The van der Waals surface area contributed by atoms with E-state index in [0.717, 1.165) is 5.56 Å². The number of likely N-dealkylation sites (N-methyl/N-ethyl adjacent to an activating group) is 1. The molecule has 0 radical (unpaired) electrons. The van der Waals surface area contributed by atoms with Gasteiger partial charge in [0.2, 0.25) is 5.91 Å². The van der Waals surface area contributed by atoms with E-state index in [2.05, 4.69) is 41.4 Å². The molecule has 1 aromatic carbocycles. The predicted molar refractivity (Wildman–Crippen MR) is 165 cm³/mol. The van der Waals surface area contributed by atoms with Crippen LogP contribution in [0.25, 0.3) is 11.0 Å². The number of aromatic nitrogens is 3. The molecule has 0 fully saturated rings. The maximum atomic E-state index is 14.4. The summed E-state index contributed by atoms with van der Waals surface area (Å²) in [6.45, 7) is 6.22. The van der Waals surface area contributed by atoms with Crippen molar-refractivity contribution < 1.29 is 28.6 Å². The lowest BCUT2D eigenvalue weighted by atomic mass is 9.87. The van der Waals surface area contributed by atoms with Gasteiger partial charge in [-0.3, -0.25) is 14.4 Å². The molecule has 0 aliphatic rings. The summed E-state index contributed by atoms with van der Waals surface area (Å²) in [6, 6.07) is 5.82. The molecule has 0 spiro atoms. The lowest BCUT2D eigenvalue weighted by molar-refractivity contribution is -0.124. The number of aromatic amines is 1.